The van der Waals surface area contributed by atoms with E-state index in [4.69, 9.17) is 14.2 Å². The largest absolute Gasteiger partial charge is 0.488 e. The lowest BCUT2D eigenvalue weighted by molar-refractivity contribution is 0.0931. The van der Waals surface area contributed by atoms with Crippen molar-refractivity contribution in [2.45, 2.75) is 39.3 Å². The summed E-state index contributed by atoms with van der Waals surface area (Å²) in [7, 11) is 0. The normalized spacial score (nSPS) is 15.6. The molecule has 0 radical (unpaired) electrons. The lowest BCUT2D eigenvalue weighted by atomic mass is 10.00. The Bertz CT molecular complexity index is 1140. The molecule has 1 unspecified atom stereocenters. The quantitative estimate of drug-likeness (QED) is 0.560. The van der Waals surface area contributed by atoms with Gasteiger partial charge in [0.05, 0.1) is 6.04 Å². The summed E-state index contributed by atoms with van der Waals surface area (Å²) in [4.78, 5) is 17.4. The van der Waals surface area contributed by atoms with Gasteiger partial charge in [-0.05, 0) is 79.6 Å². The van der Waals surface area contributed by atoms with Crippen molar-refractivity contribution in [3.63, 3.8) is 0 Å². The van der Waals surface area contributed by atoms with Crippen molar-refractivity contribution >= 4 is 5.91 Å². The summed E-state index contributed by atoms with van der Waals surface area (Å²) in [6, 6.07) is 13.6. The second-order valence-corrected chi connectivity index (χ2v) is 8.78. The van der Waals surface area contributed by atoms with Crippen LogP contribution in [0.3, 0.4) is 0 Å². The Morgan fingerprint density at radius 3 is 2.55 bits per heavy atom. The number of benzene rings is 2. The number of carbonyl (C=O) groups is 1. The van der Waals surface area contributed by atoms with Crippen LogP contribution >= 0.6 is 0 Å². The number of rotatable bonds is 7. The van der Waals surface area contributed by atoms with Gasteiger partial charge in [-0.15, -0.1) is 0 Å². The second-order valence-electron chi connectivity index (χ2n) is 8.78. The number of amides is 1. The molecular weight excluding hydrogens is 416 g/mol. The van der Waals surface area contributed by atoms with Gasteiger partial charge < -0.3 is 19.5 Å². The van der Waals surface area contributed by atoms with E-state index in [1.165, 1.54) is 0 Å². The Kier molecular flexibility index (Phi) is 5.90. The minimum atomic E-state index is -0.0770. The summed E-state index contributed by atoms with van der Waals surface area (Å²) in [5, 5.41) is 3.27. The molecule has 6 nitrogen and oxygen atoms in total. The average Bonchev–Trinajstić information content (AvgIpc) is 3.67. The molecule has 3 aromatic rings. The first-order valence-corrected chi connectivity index (χ1v) is 11.4. The number of ether oxygens (including phenoxy) is 3. The van der Waals surface area contributed by atoms with Crippen LogP contribution in [0.2, 0.25) is 0 Å². The number of carbonyl (C=O) groups excluding carboxylic acids is 1. The van der Waals surface area contributed by atoms with Gasteiger partial charge in [-0.1, -0.05) is 12.1 Å². The Hall–Kier alpha value is -3.54. The maximum absolute atomic E-state index is 13.2. The molecule has 0 saturated heterocycles. The van der Waals surface area contributed by atoms with Crippen LogP contribution in [0.5, 0.6) is 17.2 Å². The minimum Gasteiger partial charge on any atom is -0.488 e. The zero-order valence-corrected chi connectivity index (χ0v) is 19.0. The van der Waals surface area contributed by atoms with E-state index in [9.17, 15) is 4.79 Å². The van der Waals surface area contributed by atoms with Crippen molar-refractivity contribution < 1.29 is 19.0 Å². The Balaban J connectivity index is 1.32. The predicted octanol–water partition coefficient (Wildman–Crippen LogP) is 4.93. The standard InChI is InChI=1S/C27H28N2O4/c1-17-12-22(13-18(2)26(17)33-16-19-4-3-9-28-15-19)27(30)29-25(20-5-6-20)21-7-8-23-24(14-21)32-11-10-31-23/h3-4,7-9,12-15,20,25H,5-6,10-11,16H2,1-2H3,(H,29,30). The van der Waals surface area contributed by atoms with Gasteiger partial charge in [0.25, 0.3) is 5.91 Å². The lowest BCUT2D eigenvalue weighted by Gasteiger charge is -2.23. The van der Waals surface area contributed by atoms with E-state index in [-0.39, 0.29) is 11.9 Å². The highest BCUT2D eigenvalue weighted by Crippen LogP contribution is 2.43. The Labute approximate surface area is 193 Å². The summed E-state index contributed by atoms with van der Waals surface area (Å²) in [6.07, 6.45) is 5.76. The first-order chi connectivity index (χ1) is 16.1. The molecule has 1 aliphatic carbocycles. The van der Waals surface area contributed by atoms with Crippen LogP contribution in [0.1, 0.15) is 51.5 Å². The molecule has 1 aliphatic heterocycles. The molecule has 2 heterocycles. The smallest absolute Gasteiger partial charge is 0.251 e. The maximum atomic E-state index is 13.2. The number of nitrogens with zero attached hydrogens (tertiary/aromatic N) is 1. The van der Waals surface area contributed by atoms with Gasteiger partial charge in [0.2, 0.25) is 0 Å². The number of hydrogen-bond donors (Lipinski definition) is 1. The second kappa shape index (κ2) is 9.14. The molecule has 1 aromatic heterocycles. The van der Waals surface area contributed by atoms with E-state index < -0.39 is 0 Å². The fourth-order valence-electron chi connectivity index (χ4n) is 4.33. The average molecular weight is 445 g/mol. The summed E-state index contributed by atoms with van der Waals surface area (Å²) in [5.74, 6) is 2.69. The lowest BCUT2D eigenvalue weighted by Crippen LogP contribution is -2.30. The Morgan fingerprint density at radius 1 is 1.09 bits per heavy atom. The first-order valence-electron chi connectivity index (χ1n) is 11.4. The topological polar surface area (TPSA) is 69.7 Å². The van der Waals surface area contributed by atoms with Crippen LogP contribution in [0.25, 0.3) is 0 Å². The van der Waals surface area contributed by atoms with E-state index >= 15 is 0 Å². The highest BCUT2D eigenvalue weighted by atomic mass is 16.6. The predicted molar refractivity (Wildman–Crippen MR) is 125 cm³/mol. The highest BCUT2D eigenvalue weighted by molar-refractivity contribution is 5.95. The van der Waals surface area contributed by atoms with Gasteiger partial charge in [0.1, 0.15) is 25.6 Å². The summed E-state index contributed by atoms with van der Waals surface area (Å²) in [6.45, 7) is 5.50. The third kappa shape index (κ3) is 4.80. The van der Waals surface area contributed by atoms with Gasteiger partial charge >= 0.3 is 0 Å². The molecule has 1 saturated carbocycles. The summed E-state index contributed by atoms with van der Waals surface area (Å²) >= 11 is 0. The monoisotopic (exact) mass is 444 g/mol. The molecule has 0 spiro atoms. The van der Waals surface area contributed by atoms with Gasteiger partial charge in [-0.25, -0.2) is 0 Å². The van der Waals surface area contributed by atoms with Crippen molar-refractivity contribution in [3.05, 3.63) is 82.7 Å². The zero-order chi connectivity index (χ0) is 22.8. The van der Waals surface area contributed by atoms with Crippen LogP contribution in [-0.2, 0) is 6.61 Å². The van der Waals surface area contributed by atoms with E-state index in [2.05, 4.69) is 10.3 Å². The van der Waals surface area contributed by atoms with Gasteiger partial charge in [0, 0.05) is 23.5 Å². The van der Waals surface area contributed by atoms with Crippen LogP contribution in [0.15, 0.2) is 54.9 Å². The fourth-order valence-corrected chi connectivity index (χ4v) is 4.33. The third-order valence-electron chi connectivity index (χ3n) is 6.13. The molecule has 5 rings (SSSR count). The van der Waals surface area contributed by atoms with Crippen LogP contribution in [0.4, 0.5) is 0 Å². The van der Waals surface area contributed by atoms with Gasteiger partial charge in [0.15, 0.2) is 11.5 Å². The number of aromatic nitrogens is 1. The van der Waals surface area contributed by atoms with Crippen LogP contribution < -0.4 is 19.5 Å². The van der Waals surface area contributed by atoms with E-state index in [1.807, 2.05) is 56.3 Å². The highest BCUT2D eigenvalue weighted by Gasteiger charge is 2.34. The van der Waals surface area contributed by atoms with E-state index in [0.29, 0.717) is 31.3 Å². The van der Waals surface area contributed by atoms with Crippen molar-refractivity contribution in [1.29, 1.82) is 0 Å². The first kappa shape index (κ1) is 21.3. The molecule has 170 valence electrons. The van der Waals surface area contributed by atoms with E-state index in [1.54, 1.807) is 12.4 Å². The molecule has 33 heavy (non-hydrogen) atoms. The van der Waals surface area contributed by atoms with Crippen molar-refractivity contribution in [1.82, 2.24) is 10.3 Å². The van der Waals surface area contributed by atoms with Crippen molar-refractivity contribution in [2.24, 2.45) is 5.92 Å². The molecule has 1 fully saturated rings. The Morgan fingerprint density at radius 2 is 1.85 bits per heavy atom. The molecule has 1 amide bonds. The van der Waals surface area contributed by atoms with Gasteiger partial charge in [-0.2, -0.15) is 0 Å². The number of hydrogen-bond acceptors (Lipinski definition) is 5. The van der Waals surface area contributed by atoms with Crippen molar-refractivity contribution in [3.8, 4) is 17.2 Å². The molecular formula is C27H28N2O4. The number of nitrogens with one attached hydrogen (secondary N) is 1. The molecule has 1 atom stereocenters. The SMILES string of the molecule is Cc1cc(C(=O)NC(c2ccc3c(c2)OCCO3)C2CC2)cc(C)c1OCc1cccnc1. The maximum Gasteiger partial charge on any atom is 0.251 e. The van der Waals surface area contributed by atoms with Crippen LogP contribution in [-0.4, -0.2) is 24.1 Å². The zero-order valence-electron chi connectivity index (χ0n) is 19.0. The molecule has 2 aromatic carbocycles. The minimum absolute atomic E-state index is 0.0459. The molecule has 6 heteroatoms. The summed E-state index contributed by atoms with van der Waals surface area (Å²) < 4.78 is 17.4. The molecule has 2 aliphatic rings. The number of aryl methyl sites for hydroxylation is 2. The molecule has 0 bridgehead atoms. The number of fused-ring (bicyclic) bond motifs is 1. The summed E-state index contributed by atoms with van der Waals surface area (Å²) in [5.41, 5.74) is 4.57. The van der Waals surface area contributed by atoms with Crippen molar-refractivity contribution in [2.75, 3.05) is 13.2 Å². The fraction of sp³-hybridized carbons (Fsp3) is 0.333. The van der Waals surface area contributed by atoms with Crippen LogP contribution in [0, 0.1) is 19.8 Å². The third-order valence-corrected chi connectivity index (χ3v) is 6.13. The van der Waals surface area contributed by atoms with Gasteiger partial charge in [-0.3, -0.25) is 9.78 Å². The number of pyridine rings is 1. The van der Waals surface area contributed by atoms with E-state index in [0.717, 1.165) is 52.3 Å². The molecule has 1 N–H and O–H groups in total.